The number of fused-ring (bicyclic) bond motifs is 1. The van der Waals surface area contributed by atoms with Crippen LogP contribution in [0.3, 0.4) is 0 Å². The summed E-state index contributed by atoms with van der Waals surface area (Å²) in [7, 11) is 0. The molecule has 0 bridgehead atoms. The highest BCUT2D eigenvalue weighted by molar-refractivity contribution is 7.98. The minimum absolute atomic E-state index is 0.171. The van der Waals surface area contributed by atoms with Crippen molar-refractivity contribution in [2.45, 2.75) is 10.6 Å². The van der Waals surface area contributed by atoms with Crippen LogP contribution in [0, 0.1) is 5.82 Å². The number of nitrogen functional groups attached to an aromatic ring is 1. The largest absolute Gasteiger partial charge is 0.399 e. The summed E-state index contributed by atoms with van der Waals surface area (Å²) in [4.78, 5) is 19.8. The van der Waals surface area contributed by atoms with Gasteiger partial charge in [0.25, 0.3) is 5.56 Å². The van der Waals surface area contributed by atoms with E-state index in [0.717, 1.165) is 0 Å². The molecule has 3 rings (SSSR count). The van der Waals surface area contributed by atoms with Crippen molar-refractivity contribution in [1.29, 1.82) is 0 Å². The highest BCUT2D eigenvalue weighted by Crippen LogP contribution is 2.24. The second-order valence-corrected chi connectivity index (χ2v) is 5.59. The predicted molar refractivity (Wildman–Crippen MR) is 82.7 cm³/mol. The molecule has 6 heteroatoms. The Kier molecular flexibility index (Phi) is 3.62. The van der Waals surface area contributed by atoms with Crippen molar-refractivity contribution < 1.29 is 4.39 Å². The van der Waals surface area contributed by atoms with E-state index >= 15 is 0 Å². The van der Waals surface area contributed by atoms with Gasteiger partial charge in [-0.15, -0.1) is 11.8 Å². The van der Waals surface area contributed by atoms with E-state index in [-0.39, 0.29) is 11.4 Å². The summed E-state index contributed by atoms with van der Waals surface area (Å²) < 4.78 is 13.3. The smallest absolute Gasteiger partial charge is 0.258 e. The van der Waals surface area contributed by atoms with E-state index in [4.69, 9.17) is 5.73 Å². The second kappa shape index (κ2) is 5.57. The van der Waals surface area contributed by atoms with E-state index in [1.807, 2.05) is 6.07 Å². The average molecular weight is 301 g/mol. The number of hydrogen-bond donors (Lipinski definition) is 2. The molecule has 2 aromatic carbocycles. The molecule has 0 fully saturated rings. The first-order chi connectivity index (χ1) is 10.1. The Labute approximate surface area is 124 Å². The molecule has 4 nitrogen and oxygen atoms in total. The highest BCUT2D eigenvalue weighted by Gasteiger charge is 2.05. The fourth-order valence-electron chi connectivity index (χ4n) is 2.02. The van der Waals surface area contributed by atoms with Crippen LogP contribution in [0.2, 0.25) is 0 Å². The lowest BCUT2D eigenvalue weighted by molar-refractivity contribution is 0.625. The number of para-hydroxylation sites is 1. The van der Waals surface area contributed by atoms with Crippen molar-refractivity contribution in [3.8, 4) is 0 Å². The molecule has 0 aliphatic carbocycles. The minimum atomic E-state index is -0.377. The van der Waals surface area contributed by atoms with Crippen LogP contribution >= 0.6 is 11.8 Å². The third kappa shape index (κ3) is 3.05. The number of benzene rings is 2. The van der Waals surface area contributed by atoms with Gasteiger partial charge in [-0.3, -0.25) is 4.79 Å². The van der Waals surface area contributed by atoms with Crippen LogP contribution in [0.15, 0.2) is 52.2 Å². The molecule has 0 aliphatic rings. The first-order valence-electron chi connectivity index (χ1n) is 6.28. The number of anilines is 1. The number of halogens is 1. The summed E-state index contributed by atoms with van der Waals surface area (Å²) in [5, 5.41) is 0.557. The number of nitrogens with one attached hydrogen (secondary N) is 1. The van der Waals surface area contributed by atoms with Gasteiger partial charge < -0.3 is 10.7 Å². The van der Waals surface area contributed by atoms with Gasteiger partial charge >= 0.3 is 0 Å². The summed E-state index contributed by atoms with van der Waals surface area (Å²) in [6, 6.07) is 11.5. The number of H-pyrrole nitrogens is 1. The van der Waals surface area contributed by atoms with Crippen molar-refractivity contribution in [1.82, 2.24) is 9.97 Å². The molecular formula is C15H12FN3OS. The van der Waals surface area contributed by atoms with Crippen molar-refractivity contribution in [2.24, 2.45) is 0 Å². The maximum atomic E-state index is 13.3. The van der Waals surface area contributed by atoms with Crippen LogP contribution in [0.4, 0.5) is 10.1 Å². The number of aromatic nitrogens is 2. The maximum absolute atomic E-state index is 13.3. The van der Waals surface area contributed by atoms with Gasteiger partial charge in [-0.05, 0) is 30.3 Å². The van der Waals surface area contributed by atoms with E-state index in [2.05, 4.69) is 9.97 Å². The van der Waals surface area contributed by atoms with Crippen LogP contribution < -0.4 is 11.3 Å². The third-order valence-corrected chi connectivity index (χ3v) is 3.92. The molecule has 0 amide bonds. The standard InChI is InChI=1S/C15H12FN3OS/c16-9-5-10(17)7-11(6-9)21-8-14-18-13-4-2-1-3-12(13)15(20)19-14/h1-7H,8,17H2,(H,18,19,20). The molecule has 21 heavy (non-hydrogen) atoms. The Morgan fingerprint density at radius 1 is 1.24 bits per heavy atom. The molecule has 0 saturated carbocycles. The van der Waals surface area contributed by atoms with Crippen molar-refractivity contribution >= 4 is 28.4 Å². The SMILES string of the molecule is Nc1cc(F)cc(SCc2nc3ccccc3c(=O)[nH]2)c1. The Morgan fingerprint density at radius 3 is 2.86 bits per heavy atom. The van der Waals surface area contributed by atoms with E-state index in [1.54, 1.807) is 24.3 Å². The number of nitrogens with zero attached hydrogens (tertiary/aromatic N) is 1. The highest BCUT2D eigenvalue weighted by atomic mass is 32.2. The van der Waals surface area contributed by atoms with Gasteiger partial charge in [-0.1, -0.05) is 12.1 Å². The van der Waals surface area contributed by atoms with E-state index in [0.29, 0.717) is 33.1 Å². The second-order valence-electron chi connectivity index (χ2n) is 4.54. The molecule has 0 aliphatic heterocycles. The predicted octanol–water partition coefficient (Wildman–Crippen LogP) is 2.94. The molecule has 0 atom stereocenters. The summed E-state index contributed by atoms with van der Waals surface area (Å²) >= 11 is 1.37. The lowest BCUT2D eigenvalue weighted by Crippen LogP contribution is -2.11. The average Bonchev–Trinajstić information content (AvgIpc) is 2.44. The zero-order valence-electron chi connectivity index (χ0n) is 11.0. The number of aromatic amines is 1. The molecule has 3 N–H and O–H groups in total. The Morgan fingerprint density at radius 2 is 2.05 bits per heavy atom. The fourth-order valence-corrected chi connectivity index (χ4v) is 2.88. The molecule has 0 spiro atoms. The molecule has 106 valence electrons. The van der Waals surface area contributed by atoms with Gasteiger partial charge in [0, 0.05) is 10.6 Å². The van der Waals surface area contributed by atoms with Crippen LogP contribution in [-0.4, -0.2) is 9.97 Å². The monoisotopic (exact) mass is 301 g/mol. The number of rotatable bonds is 3. The summed E-state index contributed by atoms with van der Waals surface area (Å²) in [6.45, 7) is 0. The summed E-state index contributed by atoms with van der Waals surface area (Å²) in [5.41, 5.74) is 6.45. The van der Waals surface area contributed by atoms with Crippen LogP contribution in [0.25, 0.3) is 10.9 Å². The van der Waals surface area contributed by atoms with Crippen LogP contribution in [0.5, 0.6) is 0 Å². The van der Waals surface area contributed by atoms with Crippen molar-refractivity contribution in [3.05, 3.63) is 64.5 Å². The Hall–Kier alpha value is -2.34. The summed E-state index contributed by atoms with van der Waals surface area (Å²) in [6.07, 6.45) is 0. The number of thioether (sulfide) groups is 1. The zero-order chi connectivity index (χ0) is 14.8. The third-order valence-electron chi connectivity index (χ3n) is 2.93. The first-order valence-corrected chi connectivity index (χ1v) is 7.27. The molecular weight excluding hydrogens is 289 g/mol. The van der Waals surface area contributed by atoms with Crippen molar-refractivity contribution in [3.63, 3.8) is 0 Å². The van der Waals surface area contributed by atoms with Gasteiger partial charge in [0.1, 0.15) is 11.6 Å². The molecule has 3 aromatic rings. The first kappa shape index (κ1) is 13.6. The molecule has 1 aromatic heterocycles. The fraction of sp³-hybridized carbons (Fsp3) is 0.0667. The normalized spacial score (nSPS) is 10.9. The lowest BCUT2D eigenvalue weighted by atomic mass is 10.2. The number of hydrogen-bond acceptors (Lipinski definition) is 4. The van der Waals surface area contributed by atoms with Gasteiger partial charge in [0.15, 0.2) is 0 Å². The lowest BCUT2D eigenvalue weighted by Gasteiger charge is -2.04. The Balaban J connectivity index is 1.86. The molecule has 0 radical (unpaired) electrons. The quantitative estimate of drug-likeness (QED) is 0.576. The van der Waals surface area contributed by atoms with Crippen LogP contribution in [-0.2, 0) is 5.75 Å². The molecule has 1 heterocycles. The summed E-state index contributed by atoms with van der Waals surface area (Å²) in [5.74, 6) is 0.604. The topological polar surface area (TPSA) is 71.8 Å². The molecule has 0 saturated heterocycles. The maximum Gasteiger partial charge on any atom is 0.258 e. The van der Waals surface area contributed by atoms with Crippen molar-refractivity contribution in [2.75, 3.05) is 5.73 Å². The van der Waals surface area contributed by atoms with Gasteiger partial charge in [-0.25, -0.2) is 9.37 Å². The number of nitrogens with two attached hydrogens (primary N) is 1. The zero-order valence-corrected chi connectivity index (χ0v) is 11.8. The van der Waals surface area contributed by atoms with Crippen LogP contribution in [0.1, 0.15) is 5.82 Å². The van der Waals surface area contributed by atoms with E-state index < -0.39 is 0 Å². The van der Waals surface area contributed by atoms with Gasteiger partial charge in [0.05, 0.1) is 16.7 Å². The van der Waals surface area contributed by atoms with E-state index in [9.17, 15) is 9.18 Å². The van der Waals surface area contributed by atoms with Gasteiger partial charge in [0.2, 0.25) is 0 Å². The minimum Gasteiger partial charge on any atom is -0.399 e. The Bertz CT molecular complexity index is 843. The molecule has 0 unspecified atom stereocenters. The van der Waals surface area contributed by atoms with Gasteiger partial charge in [-0.2, -0.15) is 0 Å². The van der Waals surface area contributed by atoms with E-state index in [1.165, 1.54) is 23.9 Å².